The van der Waals surface area contributed by atoms with Crippen molar-refractivity contribution in [2.75, 3.05) is 6.54 Å². The highest BCUT2D eigenvalue weighted by Gasteiger charge is 2.07. The van der Waals surface area contributed by atoms with Gasteiger partial charge in [-0.2, -0.15) is 11.3 Å². The molecule has 2 heterocycles. The van der Waals surface area contributed by atoms with E-state index in [-0.39, 0.29) is 5.91 Å². The van der Waals surface area contributed by atoms with Crippen molar-refractivity contribution in [1.82, 2.24) is 10.3 Å². The molecule has 122 valence electrons. The Morgan fingerprint density at radius 1 is 1.38 bits per heavy atom. The number of aryl methyl sites for hydroxylation is 1. The molecular weight excluding hydrogens is 318 g/mol. The Morgan fingerprint density at radius 2 is 2.21 bits per heavy atom. The number of hydrogen-bond acceptors (Lipinski definition) is 3. The van der Waals surface area contributed by atoms with E-state index in [4.69, 9.17) is 0 Å². The zero-order valence-corrected chi connectivity index (χ0v) is 14.5. The van der Waals surface area contributed by atoms with E-state index in [2.05, 4.69) is 47.0 Å². The molecule has 4 nitrogen and oxygen atoms in total. The first-order valence-corrected chi connectivity index (χ1v) is 8.61. The number of nitrogens with zero attached hydrogens (tertiary/aromatic N) is 1. The number of H-pyrrole nitrogens is 1. The van der Waals surface area contributed by atoms with Crippen molar-refractivity contribution in [3.63, 3.8) is 0 Å². The summed E-state index contributed by atoms with van der Waals surface area (Å²) in [5, 5.41) is 7.72. The molecule has 3 rings (SSSR count). The molecule has 5 heteroatoms. The number of benzene rings is 1. The number of aromatic nitrogens is 1. The highest BCUT2D eigenvalue weighted by atomic mass is 32.1. The van der Waals surface area contributed by atoms with Gasteiger partial charge in [-0.25, -0.2) is 0 Å². The number of carbonyl (C=O) groups excluding carboxylic acids is 1. The minimum atomic E-state index is -0.105. The summed E-state index contributed by atoms with van der Waals surface area (Å²) in [7, 11) is 0. The number of rotatable bonds is 5. The van der Waals surface area contributed by atoms with E-state index in [1.807, 2.05) is 23.8 Å². The topological polar surface area (TPSA) is 57.2 Å². The SMILES string of the molecule is C=C(CNC(=O)c1ccsc1)N=C(C)c1cc2c(C)cccc2[nH]1. The van der Waals surface area contributed by atoms with Gasteiger partial charge in [0.05, 0.1) is 23.6 Å². The van der Waals surface area contributed by atoms with E-state index in [0.717, 1.165) is 16.9 Å². The van der Waals surface area contributed by atoms with Crippen molar-refractivity contribution in [2.45, 2.75) is 13.8 Å². The lowest BCUT2D eigenvalue weighted by atomic mass is 10.1. The van der Waals surface area contributed by atoms with Crippen LogP contribution in [0, 0.1) is 6.92 Å². The second-order valence-electron chi connectivity index (χ2n) is 5.68. The van der Waals surface area contributed by atoms with Crippen LogP contribution in [0.4, 0.5) is 0 Å². The number of hydrogen-bond donors (Lipinski definition) is 2. The van der Waals surface area contributed by atoms with Crippen molar-refractivity contribution in [3.8, 4) is 0 Å². The maximum Gasteiger partial charge on any atom is 0.252 e. The molecule has 0 fully saturated rings. The van der Waals surface area contributed by atoms with Crippen molar-refractivity contribution >= 4 is 33.9 Å². The lowest BCUT2D eigenvalue weighted by Crippen LogP contribution is -2.24. The van der Waals surface area contributed by atoms with E-state index in [1.165, 1.54) is 22.3 Å². The van der Waals surface area contributed by atoms with Crippen LogP contribution in [-0.4, -0.2) is 23.1 Å². The second kappa shape index (κ2) is 6.84. The van der Waals surface area contributed by atoms with Crippen LogP contribution in [0.2, 0.25) is 0 Å². The maximum absolute atomic E-state index is 11.9. The zero-order valence-electron chi connectivity index (χ0n) is 13.7. The first-order chi connectivity index (χ1) is 11.5. The number of nitrogens with one attached hydrogen (secondary N) is 2. The number of aromatic amines is 1. The van der Waals surface area contributed by atoms with Crippen LogP contribution in [-0.2, 0) is 0 Å². The van der Waals surface area contributed by atoms with E-state index in [0.29, 0.717) is 17.8 Å². The first kappa shape index (κ1) is 16.2. The molecule has 1 aromatic carbocycles. The molecule has 0 bridgehead atoms. The third-order valence-corrected chi connectivity index (χ3v) is 4.52. The molecule has 0 saturated carbocycles. The van der Waals surface area contributed by atoms with Gasteiger partial charge in [-0.15, -0.1) is 0 Å². The maximum atomic E-state index is 11.9. The molecule has 0 aliphatic carbocycles. The predicted octanol–water partition coefficient (Wildman–Crippen LogP) is 4.29. The summed E-state index contributed by atoms with van der Waals surface area (Å²) >= 11 is 1.50. The summed E-state index contributed by atoms with van der Waals surface area (Å²) in [5.74, 6) is -0.105. The van der Waals surface area contributed by atoms with Gasteiger partial charge in [0.15, 0.2) is 0 Å². The molecule has 0 spiro atoms. The van der Waals surface area contributed by atoms with Crippen LogP contribution >= 0.6 is 11.3 Å². The van der Waals surface area contributed by atoms with Crippen LogP contribution in [0.5, 0.6) is 0 Å². The Labute approximate surface area is 144 Å². The fourth-order valence-corrected chi connectivity index (χ4v) is 3.15. The summed E-state index contributed by atoms with van der Waals surface area (Å²) in [6.45, 7) is 8.28. The average molecular weight is 337 g/mol. The lowest BCUT2D eigenvalue weighted by molar-refractivity contribution is 0.0957. The number of amides is 1. The van der Waals surface area contributed by atoms with Crippen molar-refractivity contribution in [2.24, 2.45) is 4.99 Å². The Kier molecular flexibility index (Phi) is 4.62. The van der Waals surface area contributed by atoms with Crippen molar-refractivity contribution in [3.05, 3.63) is 70.2 Å². The number of fused-ring (bicyclic) bond motifs is 1. The Morgan fingerprint density at radius 3 is 2.92 bits per heavy atom. The van der Waals surface area contributed by atoms with Gasteiger partial charge in [-0.05, 0) is 43.0 Å². The Hall–Kier alpha value is -2.66. The van der Waals surface area contributed by atoms with E-state index in [9.17, 15) is 4.79 Å². The summed E-state index contributed by atoms with van der Waals surface area (Å²) in [6, 6.07) is 10.1. The Balaban J connectivity index is 1.69. The normalized spacial score (nSPS) is 11.7. The smallest absolute Gasteiger partial charge is 0.252 e. The second-order valence-corrected chi connectivity index (χ2v) is 6.46. The van der Waals surface area contributed by atoms with Crippen LogP contribution in [0.1, 0.15) is 28.5 Å². The van der Waals surface area contributed by atoms with Crippen LogP contribution in [0.3, 0.4) is 0 Å². The van der Waals surface area contributed by atoms with Gasteiger partial charge in [0, 0.05) is 21.8 Å². The number of aliphatic imine (C=N–C) groups is 1. The summed E-state index contributed by atoms with van der Waals surface area (Å²) in [5.41, 5.74) is 5.41. The van der Waals surface area contributed by atoms with E-state index in [1.54, 1.807) is 6.07 Å². The third kappa shape index (κ3) is 3.46. The summed E-state index contributed by atoms with van der Waals surface area (Å²) in [6.07, 6.45) is 0. The fourth-order valence-electron chi connectivity index (χ4n) is 2.52. The van der Waals surface area contributed by atoms with Gasteiger partial charge in [-0.3, -0.25) is 9.79 Å². The molecule has 0 aliphatic heterocycles. The first-order valence-electron chi connectivity index (χ1n) is 7.67. The molecule has 3 aromatic rings. The van der Waals surface area contributed by atoms with Crippen LogP contribution in [0.25, 0.3) is 10.9 Å². The zero-order chi connectivity index (χ0) is 17.1. The molecule has 0 aliphatic rings. The monoisotopic (exact) mass is 337 g/mol. The van der Waals surface area contributed by atoms with Gasteiger partial charge >= 0.3 is 0 Å². The lowest BCUT2D eigenvalue weighted by Gasteiger charge is -2.04. The largest absolute Gasteiger partial charge is 0.354 e. The van der Waals surface area contributed by atoms with Gasteiger partial charge in [-0.1, -0.05) is 18.7 Å². The quantitative estimate of drug-likeness (QED) is 0.670. The van der Waals surface area contributed by atoms with Gasteiger partial charge in [0.25, 0.3) is 5.91 Å². The minimum Gasteiger partial charge on any atom is -0.354 e. The van der Waals surface area contributed by atoms with E-state index < -0.39 is 0 Å². The summed E-state index contributed by atoms with van der Waals surface area (Å²) < 4.78 is 0. The third-order valence-electron chi connectivity index (χ3n) is 3.83. The number of thiophene rings is 1. The van der Waals surface area contributed by atoms with Gasteiger partial charge < -0.3 is 10.3 Å². The molecule has 0 radical (unpaired) electrons. The van der Waals surface area contributed by atoms with Gasteiger partial charge in [0.2, 0.25) is 0 Å². The highest BCUT2D eigenvalue weighted by molar-refractivity contribution is 7.08. The summed E-state index contributed by atoms with van der Waals surface area (Å²) in [4.78, 5) is 19.8. The van der Waals surface area contributed by atoms with E-state index >= 15 is 0 Å². The van der Waals surface area contributed by atoms with Gasteiger partial charge in [0.1, 0.15) is 0 Å². The molecule has 0 unspecified atom stereocenters. The standard InChI is InChI=1S/C19H19N3OS/c1-12-5-4-6-17-16(12)9-18(22-17)14(3)21-13(2)10-20-19(23)15-7-8-24-11-15/h4-9,11,22H,2,10H2,1,3H3,(H,20,23). The molecule has 2 aromatic heterocycles. The number of carbonyl (C=O) groups is 1. The molecule has 0 atom stereocenters. The van der Waals surface area contributed by atoms with Crippen LogP contribution in [0.15, 0.2) is 58.4 Å². The molecular formula is C19H19N3OS. The molecule has 1 amide bonds. The molecule has 24 heavy (non-hydrogen) atoms. The highest BCUT2D eigenvalue weighted by Crippen LogP contribution is 2.19. The van der Waals surface area contributed by atoms with Crippen molar-refractivity contribution in [1.29, 1.82) is 0 Å². The van der Waals surface area contributed by atoms with Crippen molar-refractivity contribution < 1.29 is 4.79 Å². The molecule has 2 N–H and O–H groups in total. The van der Waals surface area contributed by atoms with Crippen LogP contribution < -0.4 is 5.32 Å². The average Bonchev–Trinajstić information content (AvgIpc) is 3.22. The Bertz CT molecular complexity index is 919. The predicted molar refractivity (Wildman–Crippen MR) is 101 cm³/mol. The minimum absolute atomic E-state index is 0.105. The fraction of sp³-hybridized carbons (Fsp3) is 0.158. The molecule has 0 saturated heterocycles.